The molecule has 0 saturated carbocycles. The van der Waals surface area contributed by atoms with Crippen LogP contribution in [0.3, 0.4) is 0 Å². The molecule has 1 heterocycles. The molecule has 0 unspecified atom stereocenters. The van der Waals surface area contributed by atoms with Gasteiger partial charge in [0.1, 0.15) is 0 Å². The first-order chi connectivity index (χ1) is 10.6. The van der Waals surface area contributed by atoms with Gasteiger partial charge in [0.15, 0.2) is 0 Å². The van der Waals surface area contributed by atoms with Crippen LogP contribution in [0.4, 0.5) is 5.69 Å². The van der Waals surface area contributed by atoms with Crippen LogP contribution in [0.1, 0.15) is 27.6 Å². The molecule has 1 aromatic heterocycles. The van der Waals surface area contributed by atoms with Gasteiger partial charge in [-0.3, -0.25) is 14.2 Å². The van der Waals surface area contributed by atoms with Crippen molar-refractivity contribution in [3.63, 3.8) is 0 Å². The van der Waals surface area contributed by atoms with Gasteiger partial charge in [0.05, 0.1) is 11.1 Å². The number of carbonyl (C=O) groups is 2. The van der Waals surface area contributed by atoms with Gasteiger partial charge >= 0.3 is 0 Å². The van der Waals surface area contributed by atoms with Crippen molar-refractivity contribution in [1.29, 1.82) is 0 Å². The normalized spacial score (nSPS) is 10.6. The SMILES string of the molecule is CC(=O)n1cc(C(=O)Nc2ccccc2C)c2ccccc21. The number of rotatable bonds is 2. The average molecular weight is 292 g/mol. The average Bonchev–Trinajstić information content (AvgIpc) is 2.89. The van der Waals surface area contributed by atoms with E-state index in [1.165, 1.54) is 11.5 Å². The van der Waals surface area contributed by atoms with Gasteiger partial charge in [-0.15, -0.1) is 0 Å². The Morgan fingerprint density at radius 2 is 1.68 bits per heavy atom. The first-order valence-electron chi connectivity index (χ1n) is 7.06. The molecule has 4 heteroatoms. The fraction of sp³-hybridized carbons (Fsp3) is 0.111. The van der Waals surface area contributed by atoms with Crippen molar-refractivity contribution in [3.05, 3.63) is 65.9 Å². The zero-order chi connectivity index (χ0) is 15.7. The van der Waals surface area contributed by atoms with Crippen LogP contribution in [-0.4, -0.2) is 16.4 Å². The number of hydrogen-bond donors (Lipinski definition) is 1. The maximum atomic E-state index is 12.6. The topological polar surface area (TPSA) is 51.1 Å². The summed E-state index contributed by atoms with van der Waals surface area (Å²) in [5, 5.41) is 3.67. The lowest BCUT2D eigenvalue weighted by Crippen LogP contribution is -2.12. The van der Waals surface area contributed by atoms with Gasteiger partial charge in [0, 0.05) is 24.2 Å². The molecule has 0 atom stereocenters. The minimum atomic E-state index is -0.217. The maximum Gasteiger partial charge on any atom is 0.257 e. The molecule has 0 bridgehead atoms. The van der Waals surface area contributed by atoms with Crippen molar-refractivity contribution in [2.75, 3.05) is 5.32 Å². The van der Waals surface area contributed by atoms with E-state index >= 15 is 0 Å². The van der Waals surface area contributed by atoms with Crippen molar-refractivity contribution >= 4 is 28.4 Å². The van der Waals surface area contributed by atoms with E-state index in [-0.39, 0.29) is 11.8 Å². The summed E-state index contributed by atoms with van der Waals surface area (Å²) in [6.07, 6.45) is 1.60. The monoisotopic (exact) mass is 292 g/mol. The van der Waals surface area contributed by atoms with E-state index in [4.69, 9.17) is 0 Å². The van der Waals surface area contributed by atoms with E-state index < -0.39 is 0 Å². The number of aryl methyl sites for hydroxylation is 1. The Kier molecular flexibility index (Phi) is 3.51. The summed E-state index contributed by atoms with van der Waals surface area (Å²) in [6.45, 7) is 3.42. The number of aromatic nitrogens is 1. The fourth-order valence-electron chi connectivity index (χ4n) is 2.52. The molecule has 0 saturated heterocycles. The quantitative estimate of drug-likeness (QED) is 0.779. The molecule has 0 aliphatic heterocycles. The second-order valence-electron chi connectivity index (χ2n) is 5.22. The second kappa shape index (κ2) is 5.48. The highest BCUT2D eigenvalue weighted by atomic mass is 16.2. The van der Waals surface area contributed by atoms with Crippen LogP contribution in [-0.2, 0) is 0 Å². The molecule has 1 N–H and O–H groups in total. The van der Waals surface area contributed by atoms with Crippen molar-refractivity contribution in [3.8, 4) is 0 Å². The Labute approximate surface area is 128 Å². The van der Waals surface area contributed by atoms with Crippen molar-refractivity contribution in [1.82, 2.24) is 4.57 Å². The zero-order valence-electron chi connectivity index (χ0n) is 12.5. The molecule has 0 spiro atoms. The molecule has 0 aliphatic carbocycles. The molecule has 4 nitrogen and oxygen atoms in total. The summed E-state index contributed by atoms with van der Waals surface area (Å²) < 4.78 is 1.50. The Morgan fingerprint density at radius 1 is 1.00 bits per heavy atom. The number of amides is 1. The van der Waals surface area contributed by atoms with Crippen LogP contribution in [0.15, 0.2) is 54.7 Å². The number of anilines is 1. The van der Waals surface area contributed by atoms with Crippen molar-refractivity contribution in [2.45, 2.75) is 13.8 Å². The van der Waals surface area contributed by atoms with Crippen LogP contribution in [0.25, 0.3) is 10.9 Å². The summed E-state index contributed by atoms with van der Waals surface area (Å²) in [5.41, 5.74) is 3.00. The predicted octanol–water partition coefficient (Wildman–Crippen LogP) is 3.86. The number of hydrogen-bond acceptors (Lipinski definition) is 2. The standard InChI is InChI=1S/C18H16N2O2/c1-12-7-3-5-9-16(12)19-18(22)15-11-20(13(2)21)17-10-6-4-8-14(15)17/h3-11H,1-2H3,(H,19,22). The molecular weight excluding hydrogens is 276 g/mol. The molecule has 3 rings (SSSR count). The third-order valence-electron chi connectivity index (χ3n) is 3.69. The minimum absolute atomic E-state index is 0.119. The van der Waals surface area contributed by atoms with E-state index in [0.29, 0.717) is 5.56 Å². The molecule has 1 amide bonds. The van der Waals surface area contributed by atoms with Gasteiger partial charge in [-0.1, -0.05) is 36.4 Å². The molecule has 110 valence electrons. The number of para-hydroxylation sites is 2. The van der Waals surface area contributed by atoms with Gasteiger partial charge < -0.3 is 5.32 Å². The van der Waals surface area contributed by atoms with Crippen molar-refractivity contribution < 1.29 is 9.59 Å². The zero-order valence-corrected chi connectivity index (χ0v) is 12.5. The maximum absolute atomic E-state index is 12.6. The lowest BCUT2D eigenvalue weighted by molar-refractivity contribution is 0.0941. The minimum Gasteiger partial charge on any atom is -0.322 e. The largest absolute Gasteiger partial charge is 0.322 e. The Hall–Kier alpha value is -2.88. The summed E-state index contributed by atoms with van der Waals surface area (Å²) in [6, 6.07) is 15.0. The van der Waals surface area contributed by atoms with E-state index in [2.05, 4.69) is 5.32 Å². The second-order valence-corrected chi connectivity index (χ2v) is 5.22. The van der Waals surface area contributed by atoms with E-state index in [1.807, 2.05) is 55.5 Å². The van der Waals surface area contributed by atoms with Gasteiger partial charge in [-0.2, -0.15) is 0 Å². The van der Waals surface area contributed by atoms with Gasteiger partial charge in [-0.05, 0) is 24.6 Å². The Morgan fingerprint density at radius 3 is 2.41 bits per heavy atom. The summed E-state index contributed by atoms with van der Waals surface area (Å²) in [5.74, 6) is -0.336. The van der Waals surface area contributed by atoms with Gasteiger partial charge in [-0.25, -0.2) is 0 Å². The number of carbonyl (C=O) groups excluding carboxylic acids is 2. The molecule has 0 fully saturated rings. The van der Waals surface area contributed by atoms with Crippen LogP contribution in [0.2, 0.25) is 0 Å². The molecular formula is C18H16N2O2. The Balaban J connectivity index is 2.05. The third kappa shape index (κ3) is 2.39. The lowest BCUT2D eigenvalue weighted by atomic mass is 10.1. The molecule has 0 radical (unpaired) electrons. The first-order valence-corrected chi connectivity index (χ1v) is 7.06. The lowest BCUT2D eigenvalue weighted by Gasteiger charge is -2.07. The Bertz CT molecular complexity index is 878. The van der Waals surface area contributed by atoms with Crippen LogP contribution in [0.5, 0.6) is 0 Å². The molecule has 2 aromatic carbocycles. The molecule has 22 heavy (non-hydrogen) atoms. The van der Waals surface area contributed by atoms with Crippen LogP contribution >= 0.6 is 0 Å². The van der Waals surface area contributed by atoms with E-state index in [9.17, 15) is 9.59 Å². The predicted molar refractivity (Wildman–Crippen MR) is 87.4 cm³/mol. The highest BCUT2D eigenvalue weighted by molar-refractivity contribution is 6.14. The number of nitrogens with one attached hydrogen (secondary N) is 1. The van der Waals surface area contributed by atoms with E-state index in [0.717, 1.165) is 22.2 Å². The van der Waals surface area contributed by atoms with Crippen LogP contribution < -0.4 is 5.32 Å². The molecule has 3 aromatic rings. The van der Waals surface area contributed by atoms with E-state index in [1.54, 1.807) is 6.20 Å². The first kappa shape index (κ1) is 14.1. The number of benzene rings is 2. The third-order valence-corrected chi connectivity index (χ3v) is 3.69. The van der Waals surface area contributed by atoms with Crippen LogP contribution in [0, 0.1) is 6.92 Å². The van der Waals surface area contributed by atoms with Gasteiger partial charge in [0.2, 0.25) is 5.91 Å². The molecule has 0 aliphatic rings. The summed E-state index contributed by atoms with van der Waals surface area (Å²) in [7, 11) is 0. The highest BCUT2D eigenvalue weighted by Crippen LogP contribution is 2.23. The fourth-order valence-corrected chi connectivity index (χ4v) is 2.52. The smallest absolute Gasteiger partial charge is 0.257 e. The van der Waals surface area contributed by atoms with Gasteiger partial charge in [0.25, 0.3) is 5.91 Å². The summed E-state index contributed by atoms with van der Waals surface area (Å²) in [4.78, 5) is 24.3. The highest BCUT2D eigenvalue weighted by Gasteiger charge is 2.16. The number of fused-ring (bicyclic) bond motifs is 1. The van der Waals surface area contributed by atoms with Crippen molar-refractivity contribution in [2.24, 2.45) is 0 Å². The summed E-state index contributed by atoms with van der Waals surface area (Å²) >= 11 is 0. The number of nitrogens with zero attached hydrogens (tertiary/aromatic N) is 1.